The van der Waals surface area contributed by atoms with Crippen LogP contribution in [0, 0.1) is 5.92 Å². The van der Waals surface area contributed by atoms with Crippen molar-refractivity contribution in [1.82, 2.24) is 15.1 Å². The number of piperidine rings is 2. The topological polar surface area (TPSA) is 76.2 Å². The maximum absolute atomic E-state index is 13.6. The summed E-state index contributed by atoms with van der Waals surface area (Å²) in [5, 5.41) is 2.37. The number of carbonyl (C=O) groups is 3. The van der Waals surface area contributed by atoms with Crippen molar-refractivity contribution in [2.75, 3.05) is 55.6 Å². The van der Waals surface area contributed by atoms with Gasteiger partial charge in [-0.15, -0.1) is 0 Å². The number of anilines is 2. The maximum Gasteiger partial charge on any atom is 0.416 e. The van der Waals surface area contributed by atoms with Crippen LogP contribution in [0.3, 0.4) is 0 Å². The number of imide groups is 1. The Kier molecular flexibility index (Phi) is 10.0. The Balaban J connectivity index is 0.791. The normalized spacial score (nSPS) is 23.4. The van der Waals surface area contributed by atoms with Crippen LogP contribution in [0.5, 0.6) is 0 Å². The molecule has 296 valence electrons. The van der Waals surface area contributed by atoms with Gasteiger partial charge in [-0.05, 0) is 114 Å². The van der Waals surface area contributed by atoms with Gasteiger partial charge in [-0.2, -0.15) is 13.2 Å². The molecule has 5 aliphatic rings. The van der Waals surface area contributed by atoms with E-state index in [1.165, 1.54) is 23.4 Å². The summed E-state index contributed by atoms with van der Waals surface area (Å²) < 4.78 is 40.9. The van der Waals surface area contributed by atoms with Gasteiger partial charge in [-0.1, -0.05) is 48.5 Å². The molecule has 4 aromatic rings. The number of nitrogens with one attached hydrogen (secondary N) is 1. The Morgan fingerprint density at radius 3 is 2.11 bits per heavy atom. The smallest absolute Gasteiger partial charge is 0.372 e. The van der Waals surface area contributed by atoms with Gasteiger partial charge in [-0.3, -0.25) is 24.6 Å². The minimum Gasteiger partial charge on any atom is -0.372 e. The molecule has 0 unspecified atom stereocenters. The van der Waals surface area contributed by atoms with E-state index in [1.807, 2.05) is 30.3 Å². The SMILES string of the molecule is O=C1CC[C@H](N2Cc3cc(N4CCN(CC5CCN(c6ccc([C@@H]7c8ccc(C(F)(F)F)cc8CC[C@@H]7c7ccccc7)cc6)CC5)CC4)ccc3C2=O)C(=O)N1. The molecule has 3 saturated heterocycles. The first-order valence-corrected chi connectivity index (χ1v) is 20.4. The van der Waals surface area contributed by atoms with Gasteiger partial charge < -0.3 is 14.7 Å². The van der Waals surface area contributed by atoms with Gasteiger partial charge in [0.2, 0.25) is 11.8 Å². The Bertz CT molecular complexity index is 2140. The number of alkyl halides is 3. The predicted octanol–water partition coefficient (Wildman–Crippen LogP) is 7.37. The number of rotatable bonds is 7. The molecular weight excluding hydrogens is 728 g/mol. The molecule has 11 heteroatoms. The van der Waals surface area contributed by atoms with E-state index in [1.54, 1.807) is 11.0 Å². The van der Waals surface area contributed by atoms with Crippen LogP contribution in [0.25, 0.3) is 0 Å². The molecule has 8 nitrogen and oxygen atoms in total. The second-order valence-corrected chi connectivity index (χ2v) is 16.5. The highest BCUT2D eigenvalue weighted by atomic mass is 19.4. The van der Waals surface area contributed by atoms with Crippen LogP contribution in [0.15, 0.2) is 91.0 Å². The highest BCUT2D eigenvalue weighted by Gasteiger charge is 2.40. The first-order chi connectivity index (χ1) is 27.6. The summed E-state index contributed by atoms with van der Waals surface area (Å²) in [5.74, 6) is -0.00968. The number of nitrogens with zero attached hydrogens (tertiary/aromatic N) is 4. The Morgan fingerprint density at radius 2 is 1.39 bits per heavy atom. The lowest BCUT2D eigenvalue weighted by atomic mass is 9.69. The van der Waals surface area contributed by atoms with Crippen molar-refractivity contribution in [2.45, 2.75) is 69.1 Å². The predicted molar refractivity (Wildman–Crippen MR) is 213 cm³/mol. The lowest BCUT2D eigenvalue weighted by Crippen LogP contribution is -2.52. The number of aryl methyl sites for hydroxylation is 1. The van der Waals surface area contributed by atoms with Crippen molar-refractivity contribution in [3.05, 3.63) is 130 Å². The molecule has 3 atom stereocenters. The van der Waals surface area contributed by atoms with Gasteiger partial charge in [-0.25, -0.2) is 0 Å². The van der Waals surface area contributed by atoms with Gasteiger partial charge in [0.15, 0.2) is 0 Å². The van der Waals surface area contributed by atoms with Crippen LogP contribution in [-0.2, 0) is 28.7 Å². The molecule has 1 N–H and O–H groups in total. The van der Waals surface area contributed by atoms with Crippen molar-refractivity contribution >= 4 is 29.1 Å². The number of benzene rings is 4. The quantitative estimate of drug-likeness (QED) is 0.198. The number of amides is 3. The molecule has 0 saturated carbocycles. The molecule has 4 aromatic carbocycles. The average molecular weight is 776 g/mol. The number of fused-ring (bicyclic) bond motifs is 2. The van der Waals surface area contributed by atoms with Gasteiger partial charge in [0.25, 0.3) is 5.91 Å². The molecule has 0 spiro atoms. The summed E-state index contributed by atoms with van der Waals surface area (Å²) in [6.45, 7) is 7.23. The van der Waals surface area contributed by atoms with Crippen molar-refractivity contribution in [1.29, 1.82) is 0 Å². The summed E-state index contributed by atoms with van der Waals surface area (Å²) in [7, 11) is 0. The Labute approximate surface area is 331 Å². The number of hydrogen-bond acceptors (Lipinski definition) is 6. The fourth-order valence-electron chi connectivity index (χ4n) is 10.0. The molecule has 0 bridgehead atoms. The van der Waals surface area contributed by atoms with E-state index in [0.29, 0.717) is 30.9 Å². The van der Waals surface area contributed by atoms with Crippen molar-refractivity contribution in [2.24, 2.45) is 5.92 Å². The van der Waals surface area contributed by atoms with Gasteiger partial charge in [0.1, 0.15) is 6.04 Å². The third-order valence-electron chi connectivity index (χ3n) is 13.2. The highest BCUT2D eigenvalue weighted by Crippen LogP contribution is 2.48. The van der Waals surface area contributed by atoms with Gasteiger partial charge in [0.05, 0.1) is 5.56 Å². The van der Waals surface area contributed by atoms with E-state index in [4.69, 9.17) is 0 Å². The van der Waals surface area contributed by atoms with E-state index in [9.17, 15) is 27.6 Å². The van der Waals surface area contributed by atoms with Crippen LogP contribution in [-0.4, -0.2) is 79.4 Å². The van der Waals surface area contributed by atoms with Crippen molar-refractivity contribution in [3.8, 4) is 0 Å². The minimum atomic E-state index is -4.35. The molecule has 3 amide bonds. The number of hydrogen-bond donors (Lipinski definition) is 1. The zero-order valence-electron chi connectivity index (χ0n) is 32.0. The molecule has 3 fully saturated rings. The fourth-order valence-corrected chi connectivity index (χ4v) is 10.0. The zero-order valence-corrected chi connectivity index (χ0v) is 32.0. The van der Waals surface area contributed by atoms with E-state index in [-0.39, 0.29) is 36.0 Å². The molecule has 4 aliphatic heterocycles. The van der Waals surface area contributed by atoms with Crippen LogP contribution < -0.4 is 15.1 Å². The van der Waals surface area contributed by atoms with Crippen molar-refractivity contribution < 1.29 is 27.6 Å². The number of piperazine rings is 1. The third kappa shape index (κ3) is 7.54. The van der Waals surface area contributed by atoms with Crippen LogP contribution in [0.1, 0.15) is 87.7 Å². The fraction of sp³-hybridized carbons (Fsp3) is 0.413. The lowest BCUT2D eigenvalue weighted by molar-refractivity contribution is -0.138. The lowest BCUT2D eigenvalue weighted by Gasteiger charge is -2.40. The molecule has 4 heterocycles. The standard InChI is InChI=1S/C46H48F3N5O3/c47-46(48,49)35-9-14-39-33(26-35)8-13-38(31-4-2-1-3-5-31)43(39)32-6-10-36(11-7-32)52-20-18-30(19-21-52)28-51-22-24-53(25-23-51)37-12-15-40-34(27-37)29-54(45(40)57)41-16-17-42(55)50-44(41)56/h1-7,9-12,14-15,26-27,30,38,41,43H,8,13,16-25,28-29H2,(H,50,55,56)/t38-,41+,43+/m1/s1. The number of halogens is 3. The second-order valence-electron chi connectivity index (χ2n) is 16.5. The summed E-state index contributed by atoms with van der Waals surface area (Å²) in [6, 6.07) is 28.9. The maximum atomic E-state index is 13.6. The van der Waals surface area contributed by atoms with E-state index in [0.717, 1.165) is 93.0 Å². The van der Waals surface area contributed by atoms with Crippen LogP contribution >= 0.6 is 0 Å². The van der Waals surface area contributed by atoms with E-state index in [2.05, 4.69) is 62.5 Å². The first-order valence-electron chi connectivity index (χ1n) is 20.4. The zero-order chi connectivity index (χ0) is 39.3. The monoisotopic (exact) mass is 775 g/mol. The van der Waals surface area contributed by atoms with Gasteiger partial charge in [0, 0.05) is 81.6 Å². The summed E-state index contributed by atoms with van der Waals surface area (Å²) in [4.78, 5) is 46.3. The largest absolute Gasteiger partial charge is 0.416 e. The minimum absolute atomic E-state index is 0.0130. The summed E-state index contributed by atoms with van der Waals surface area (Å²) in [6.07, 6.45) is -0.0711. The highest BCUT2D eigenvalue weighted by molar-refractivity contribution is 6.05. The molecule has 0 aromatic heterocycles. The Hall–Kier alpha value is -5.16. The molecule has 57 heavy (non-hydrogen) atoms. The van der Waals surface area contributed by atoms with E-state index >= 15 is 0 Å². The Morgan fingerprint density at radius 1 is 0.667 bits per heavy atom. The van der Waals surface area contributed by atoms with Gasteiger partial charge >= 0.3 is 6.18 Å². The third-order valence-corrected chi connectivity index (χ3v) is 13.2. The van der Waals surface area contributed by atoms with Crippen LogP contribution in [0.2, 0.25) is 0 Å². The number of carbonyl (C=O) groups excluding carboxylic acids is 3. The van der Waals surface area contributed by atoms with Crippen LogP contribution in [0.4, 0.5) is 24.5 Å². The molecule has 9 rings (SSSR count). The molecule has 0 radical (unpaired) electrons. The molecule has 1 aliphatic carbocycles. The average Bonchev–Trinajstić information content (AvgIpc) is 3.55. The van der Waals surface area contributed by atoms with Crippen molar-refractivity contribution in [3.63, 3.8) is 0 Å². The first kappa shape index (κ1) is 37.4. The summed E-state index contributed by atoms with van der Waals surface area (Å²) >= 11 is 0. The molecular formula is C46H48F3N5O3. The summed E-state index contributed by atoms with van der Waals surface area (Å²) in [5.41, 5.74) is 7.47. The second kappa shape index (κ2) is 15.3. The van der Waals surface area contributed by atoms with E-state index < -0.39 is 17.8 Å².